The molecule has 0 radical (unpaired) electrons. The van der Waals surface area contributed by atoms with Crippen molar-refractivity contribution in [1.29, 1.82) is 0 Å². The molecule has 2 N–H and O–H groups in total. The molecule has 0 saturated carbocycles. The van der Waals surface area contributed by atoms with Crippen LogP contribution in [0.15, 0.2) is 4.99 Å². The summed E-state index contributed by atoms with van der Waals surface area (Å²) in [5.41, 5.74) is 0.262. The standard InChI is InChI=1S/C17H32N4OS2.HI/c1-16(4-3-10-24-16)12-19-15(18-2)20-13-17(5-11-23-14-17)21-6-8-22-9-7-21;/h3-14H2,1-2H3,(H2,18,19,20);1H. The summed E-state index contributed by atoms with van der Waals surface area (Å²) in [6, 6.07) is 0. The first-order valence-corrected chi connectivity index (χ1v) is 11.3. The summed E-state index contributed by atoms with van der Waals surface area (Å²) in [6.45, 7) is 8.20. The van der Waals surface area contributed by atoms with Crippen LogP contribution in [0.3, 0.4) is 0 Å². The Bertz CT molecular complexity index is 434. The quantitative estimate of drug-likeness (QED) is 0.343. The predicted molar refractivity (Wildman–Crippen MR) is 122 cm³/mol. The van der Waals surface area contributed by atoms with Gasteiger partial charge >= 0.3 is 0 Å². The number of morpholine rings is 1. The summed E-state index contributed by atoms with van der Waals surface area (Å²) in [6.07, 6.45) is 3.90. The highest BCUT2D eigenvalue weighted by molar-refractivity contribution is 14.0. The number of hydrogen-bond acceptors (Lipinski definition) is 5. The number of halogens is 1. The van der Waals surface area contributed by atoms with Crippen LogP contribution >= 0.6 is 47.5 Å². The Kier molecular flexibility index (Phi) is 8.98. The Labute approximate surface area is 178 Å². The molecule has 3 rings (SSSR count). The van der Waals surface area contributed by atoms with Crippen LogP contribution in [0.4, 0.5) is 0 Å². The van der Waals surface area contributed by atoms with E-state index in [0.29, 0.717) is 4.75 Å². The lowest BCUT2D eigenvalue weighted by Crippen LogP contribution is -2.60. The maximum Gasteiger partial charge on any atom is 0.191 e. The summed E-state index contributed by atoms with van der Waals surface area (Å²) in [5, 5.41) is 7.19. The van der Waals surface area contributed by atoms with Crippen molar-refractivity contribution in [2.75, 3.05) is 63.7 Å². The normalized spacial score (nSPS) is 33.9. The average molecular weight is 501 g/mol. The molecular formula is C17H33IN4OS2. The number of guanidine groups is 1. The van der Waals surface area contributed by atoms with E-state index in [1.165, 1.54) is 36.5 Å². The second kappa shape index (κ2) is 10.2. The van der Waals surface area contributed by atoms with E-state index in [2.05, 4.69) is 51.0 Å². The lowest BCUT2D eigenvalue weighted by Gasteiger charge is -2.43. The first-order valence-electron chi connectivity index (χ1n) is 9.15. The number of rotatable bonds is 5. The van der Waals surface area contributed by atoms with Gasteiger partial charge in [-0.1, -0.05) is 0 Å². The average Bonchev–Trinajstić information content (AvgIpc) is 3.26. The SMILES string of the molecule is CN=C(NCC1(C)CCCS1)NCC1(N2CCOCC2)CCSC1.I. The third-order valence-electron chi connectivity index (χ3n) is 5.50. The van der Waals surface area contributed by atoms with Gasteiger partial charge in [0, 0.05) is 49.3 Å². The zero-order valence-electron chi connectivity index (χ0n) is 15.5. The Morgan fingerprint density at radius 2 is 1.92 bits per heavy atom. The number of ether oxygens (including phenoxy) is 1. The van der Waals surface area contributed by atoms with E-state index >= 15 is 0 Å². The van der Waals surface area contributed by atoms with E-state index in [0.717, 1.165) is 45.4 Å². The Morgan fingerprint density at radius 1 is 1.16 bits per heavy atom. The molecule has 8 heteroatoms. The summed E-state index contributed by atoms with van der Waals surface area (Å²) in [7, 11) is 1.88. The van der Waals surface area contributed by atoms with Gasteiger partial charge in [0.1, 0.15) is 0 Å². The minimum atomic E-state index is 0. The molecule has 3 saturated heterocycles. The topological polar surface area (TPSA) is 48.9 Å². The molecule has 0 aromatic rings. The fraction of sp³-hybridized carbons (Fsp3) is 0.941. The van der Waals surface area contributed by atoms with Gasteiger partial charge in [-0.2, -0.15) is 23.5 Å². The van der Waals surface area contributed by atoms with E-state index in [4.69, 9.17) is 4.74 Å². The number of nitrogens with zero attached hydrogens (tertiary/aromatic N) is 2. The fourth-order valence-electron chi connectivity index (χ4n) is 3.85. The van der Waals surface area contributed by atoms with Gasteiger partial charge in [-0.25, -0.2) is 0 Å². The lowest BCUT2D eigenvalue weighted by atomic mass is 9.95. The highest BCUT2D eigenvalue weighted by Crippen LogP contribution is 2.37. The van der Waals surface area contributed by atoms with Crippen LogP contribution in [0, 0.1) is 0 Å². The van der Waals surface area contributed by atoms with Crippen molar-refractivity contribution in [2.24, 2.45) is 4.99 Å². The molecule has 0 amide bonds. The first kappa shape index (κ1) is 21.9. The highest BCUT2D eigenvalue weighted by Gasteiger charge is 2.40. The summed E-state index contributed by atoms with van der Waals surface area (Å²) in [5.74, 6) is 4.72. The molecule has 0 spiro atoms. The third-order valence-corrected chi connectivity index (χ3v) is 8.28. The molecule has 0 aliphatic carbocycles. The molecule has 3 aliphatic heterocycles. The van der Waals surface area contributed by atoms with Crippen LogP contribution in [0.25, 0.3) is 0 Å². The molecule has 3 fully saturated rings. The fourth-order valence-corrected chi connectivity index (χ4v) is 6.57. The molecule has 3 heterocycles. The molecule has 2 atom stereocenters. The molecule has 0 aromatic heterocycles. The smallest absolute Gasteiger partial charge is 0.191 e. The van der Waals surface area contributed by atoms with Crippen LogP contribution in [-0.4, -0.2) is 84.8 Å². The highest BCUT2D eigenvalue weighted by atomic mass is 127. The Morgan fingerprint density at radius 3 is 2.52 bits per heavy atom. The lowest BCUT2D eigenvalue weighted by molar-refractivity contribution is -0.0120. The molecular weight excluding hydrogens is 467 g/mol. The van der Waals surface area contributed by atoms with Gasteiger partial charge in [-0.15, -0.1) is 24.0 Å². The molecule has 0 aromatic carbocycles. The first-order chi connectivity index (χ1) is 11.7. The van der Waals surface area contributed by atoms with E-state index in [-0.39, 0.29) is 29.5 Å². The summed E-state index contributed by atoms with van der Waals surface area (Å²) in [4.78, 5) is 7.10. The Hall–Kier alpha value is 0.620. The summed E-state index contributed by atoms with van der Waals surface area (Å²) >= 11 is 4.17. The van der Waals surface area contributed by atoms with Gasteiger partial charge in [0.05, 0.1) is 13.2 Å². The second-order valence-electron chi connectivity index (χ2n) is 7.31. The van der Waals surface area contributed by atoms with Crippen LogP contribution in [0.5, 0.6) is 0 Å². The van der Waals surface area contributed by atoms with Crippen LogP contribution in [0.1, 0.15) is 26.2 Å². The van der Waals surface area contributed by atoms with Gasteiger partial charge in [-0.3, -0.25) is 9.89 Å². The molecule has 2 unspecified atom stereocenters. The zero-order valence-corrected chi connectivity index (χ0v) is 19.5. The third kappa shape index (κ3) is 5.80. The van der Waals surface area contributed by atoms with Crippen molar-refractivity contribution < 1.29 is 4.74 Å². The van der Waals surface area contributed by atoms with Crippen molar-refractivity contribution in [3.63, 3.8) is 0 Å². The maximum atomic E-state index is 5.55. The van der Waals surface area contributed by atoms with E-state index in [9.17, 15) is 0 Å². The zero-order chi connectivity index (χ0) is 16.9. The van der Waals surface area contributed by atoms with Gasteiger partial charge < -0.3 is 15.4 Å². The number of thioether (sulfide) groups is 2. The summed E-state index contributed by atoms with van der Waals surface area (Å²) < 4.78 is 5.91. The number of aliphatic imine (C=N–C) groups is 1. The van der Waals surface area contributed by atoms with Gasteiger partial charge in [0.15, 0.2) is 5.96 Å². The van der Waals surface area contributed by atoms with Gasteiger partial charge in [0.25, 0.3) is 0 Å². The number of hydrogen-bond donors (Lipinski definition) is 2. The van der Waals surface area contributed by atoms with E-state index in [1.807, 2.05) is 7.05 Å². The monoisotopic (exact) mass is 500 g/mol. The van der Waals surface area contributed by atoms with Crippen molar-refractivity contribution >= 4 is 53.5 Å². The maximum absolute atomic E-state index is 5.55. The van der Waals surface area contributed by atoms with E-state index < -0.39 is 0 Å². The molecule has 146 valence electrons. The molecule has 3 aliphatic rings. The molecule has 25 heavy (non-hydrogen) atoms. The second-order valence-corrected chi connectivity index (χ2v) is 10.1. The van der Waals surface area contributed by atoms with Crippen molar-refractivity contribution in [1.82, 2.24) is 15.5 Å². The van der Waals surface area contributed by atoms with Crippen molar-refractivity contribution in [3.8, 4) is 0 Å². The number of nitrogens with one attached hydrogen (secondary N) is 2. The van der Waals surface area contributed by atoms with Crippen LogP contribution in [-0.2, 0) is 4.74 Å². The van der Waals surface area contributed by atoms with Gasteiger partial charge in [0.2, 0.25) is 0 Å². The van der Waals surface area contributed by atoms with Crippen LogP contribution < -0.4 is 10.6 Å². The molecule has 0 bridgehead atoms. The van der Waals surface area contributed by atoms with Crippen molar-refractivity contribution in [3.05, 3.63) is 0 Å². The van der Waals surface area contributed by atoms with Crippen LogP contribution in [0.2, 0.25) is 0 Å². The largest absolute Gasteiger partial charge is 0.379 e. The molecule has 5 nitrogen and oxygen atoms in total. The Balaban J connectivity index is 0.00000225. The minimum absolute atomic E-state index is 0. The predicted octanol–water partition coefficient (Wildman–Crippen LogP) is 2.26. The van der Waals surface area contributed by atoms with Crippen molar-refractivity contribution in [2.45, 2.75) is 36.5 Å². The van der Waals surface area contributed by atoms with Gasteiger partial charge in [-0.05, 0) is 37.7 Å². The van der Waals surface area contributed by atoms with E-state index in [1.54, 1.807) is 0 Å². The minimum Gasteiger partial charge on any atom is -0.379 e.